The molecule has 0 aliphatic carbocycles. The molecule has 28 heavy (non-hydrogen) atoms. The summed E-state index contributed by atoms with van der Waals surface area (Å²) in [6, 6.07) is -3.38. The smallest absolute Gasteiger partial charge is 0.324 e. The van der Waals surface area contributed by atoms with Crippen molar-refractivity contribution in [2.45, 2.75) is 31.5 Å². The highest BCUT2D eigenvalue weighted by Gasteiger charge is 2.32. The Morgan fingerprint density at radius 1 is 1.25 bits per heavy atom. The first-order valence-electron chi connectivity index (χ1n) is 7.61. The van der Waals surface area contributed by atoms with Gasteiger partial charge in [0.15, 0.2) is 0 Å². The van der Waals surface area contributed by atoms with Gasteiger partial charge in [-0.1, -0.05) is 5.16 Å². The van der Waals surface area contributed by atoms with Gasteiger partial charge in [0.25, 0.3) is 10.2 Å². The van der Waals surface area contributed by atoms with Crippen LogP contribution in [-0.4, -0.2) is 67.9 Å². The van der Waals surface area contributed by atoms with E-state index < -0.39 is 52.6 Å². The zero-order valence-electron chi connectivity index (χ0n) is 14.3. The molecule has 0 amide bonds. The topological polar surface area (TPSA) is 218 Å². The summed E-state index contributed by atoms with van der Waals surface area (Å²) in [4.78, 5) is 33.8. The predicted molar refractivity (Wildman–Crippen MR) is 88.6 cm³/mol. The Hall–Kier alpha value is -3.01. The van der Waals surface area contributed by atoms with Crippen LogP contribution >= 0.6 is 0 Å². The minimum absolute atomic E-state index is 0.0574. The van der Waals surface area contributed by atoms with Crippen LogP contribution in [0.3, 0.4) is 0 Å². The fourth-order valence-corrected chi connectivity index (χ4v) is 3.25. The highest BCUT2D eigenvalue weighted by atomic mass is 32.2. The summed E-state index contributed by atoms with van der Waals surface area (Å²) in [5.41, 5.74) is 0.201. The second-order valence-electron chi connectivity index (χ2n) is 5.49. The highest BCUT2D eigenvalue weighted by molar-refractivity contribution is 7.87. The number of carboxylic acid groups (broad SMARTS) is 2. The zero-order valence-corrected chi connectivity index (χ0v) is 15.1. The van der Waals surface area contributed by atoms with Crippen LogP contribution in [0.2, 0.25) is 0 Å². The second-order valence-corrected chi connectivity index (χ2v) is 6.97. The van der Waals surface area contributed by atoms with Gasteiger partial charge in [-0.05, 0) is 6.92 Å². The van der Waals surface area contributed by atoms with E-state index in [4.69, 9.17) is 14.7 Å². The number of aliphatic hydroxyl groups is 1. The Labute approximate surface area is 157 Å². The number of aliphatic hydroxyl groups excluding tert-OH is 1. The SMILES string of the molecule is CC(O)[C@H](NS(=O)(=O)N[C@@H](CC(=O)O)c1nc(-c2cnccn2)no1)C(=O)O. The van der Waals surface area contributed by atoms with Gasteiger partial charge in [-0.25, -0.2) is 4.98 Å². The summed E-state index contributed by atoms with van der Waals surface area (Å²) < 4.78 is 32.9. The third-order valence-corrected chi connectivity index (χ3v) is 4.40. The first kappa shape index (κ1) is 21.3. The van der Waals surface area contributed by atoms with Gasteiger partial charge in [-0.15, -0.1) is 0 Å². The highest BCUT2D eigenvalue weighted by Crippen LogP contribution is 2.19. The number of hydrogen-bond donors (Lipinski definition) is 5. The standard InChI is InChI=1S/C13H16N6O8S/c1-6(20)10(13(23)24)19-28(25,26)18-7(4-9(21)22)12-16-11(17-27-12)8-5-14-2-3-15-8/h2-3,5-7,10,18-20H,4H2,1H3,(H,21,22)(H,23,24)/t6?,7-,10-/m0/s1. The van der Waals surface area contributed by atoms with Gasteiger partial charge in [0.05, 0.1) is 18.7 Å². The molecule has 2 aromatic rings. The average Bonchev–Trinajstić information content (AvgIpc) is 3.09. The molecule has 3 atom stereocenters. The lowest BCUT2D eigenvalue weighted by Crippen LogP contribution is -2.52. The number of carboxylic acids is 2. The van der Waals surface area contributed by atoms with Gasteiger partial charge in [0.1, 0.15) is 17.8 Å². The minimum atomic E-state index is -4.58. The lowest BCUT2D eigenvalue weighted by Gasteiger charge is -2.19. The molecule has 0 radical (unpaired) electrons. The molecule has 0 saturated carbocycles. The maximum atomic E-state index is 12.2. The van der Waals surface area contributed by atoms with Gasteiger partial charge < -0.3 is 19.8 Å². The van der Waals surface area contributed by atoms with Gasteiger partial charge in [0, 0.05) is 12.4 Å². The molecule has 2 rings (SSSR count). The van der Waals surface area contributed by atoms with Crippen LogP contribution in [0.5, 0.6) is 0 Å². The van der Waals surface area contributed by atoms with Crippen molar-refractivity contribution in [1.29, 1.82) is 0 Å². The molecule has 0 aliphatic heterocycles. The molecular formula is C13H16N6O8S. The van der Waals surface area contributed by atoms with E-state index in [0.29, 0.717) is 0 Å². The van der Waals surface area contributed by atoms with Crippen molar-refractivity contribution < 1.29 is 37.8 Å². The molecule has 0 aliphatic rings. The first-order valence-corrected chi connectivity index (χ1v) is 9.09. The second kappa shape index (κ2) is 8.79. The molecule has 15 heteroatoms. The quantitative estimate of drug-likeness (QED) is 0.293. The Kier molecular flexibility index (Phi) is 6.68. The molecule has 0 saturated heterocycles. The molecule has 0 fully saturated rings. The van der Waals surface area contributed by atoms with E-state index in [-0.39, 0.29) is 11.5 Å². The van der Waals surface area contributed by atoms with Crippen LogP contribution in [-0.2, 0) is 19.8 Å². The number of nitrogens with one attached hydrogen (secondary N) is 2. The zero-order chi connectivity index (χ0) is 20.9. The van der Waals surface area contributed by atoms with Gasteiger partial charge in [-0.3, -0.25) is 14.6 Å². The maximum Gasteiger partial charge on any atom is 0.324 e. The lowest BCUT2D eigenvalue weighted by atomic mass is 10.2. The molecule has 2 heterocycles. The summed E-state index contributed by atoms with van der Waals surface area (Å²) in [5.74, 6) is -3.47. The van der Waals surface area contributed by atoms with Crippen molar-refractivity contribution >= 4 is 22.1 Å². The number of aromatic nitrogens is 4. The molecule has 0 aromatic carbocycles. The van der Waals surface area contributed by atoms with Crippen molar-refractivity contribution in [2.24, 2.45) is 0 Å². The molecule has 0 spiro atoms. The molecule has 2 aromatic heterocycles. The first-order chi connectivity index (χ1) is 13.1. The summed E-state index contributed by atoms with van der Waals surface area (Å²) in [7, 11) is -4.58. The van der Waals surface area contributed by atoms with Gasteiger partial charge in [-0.2, -0.15) is 22.8 Å². The molecule has 5 N–H and O–H groups in total. The summed E-state index contributed by atoms with van der Waals surface area (Å²) >= 11 is 0. The number of aliphatic carboxylic acids is 2. The van der Waals surface area contributed by atoms with Crippen LogP contribution in [0.25, 0.3) is 11.5 Å². The van der Waals surface area contributed by atoms with Crippen molar-refractivity contribution in [1.82, 2.24) is 29.6 Å². The third-order valence-electron chi connectivity index (χ3n) is 3.24. The average molecular weight is 416 g/mol. The van der Waals surface area contributed by atoms with Crippen molar-refractivity contribution in [3.05, 3.63) is 24.5 Å². The molecule has 14 nitrogen and oxygen atoms in total. The molecular weight excluding hydrogens is 400 g/mol. The fourth-order valence-electron chi connectivity index (χ4n) is 1.99. The number of nitrogens with zero attached hydrogens (tertiary/aromatic N) is 4. The normalized spacial score (nSPS) is 14.9. The Bertz CT molecular complexity index is 932. The lowest BCUT2D eigenvalue weighted by molar-refractivity contribution is -0.141. The van der Waals surface area contributed by atoms with E-state index in [1.807, 2.05) is 4.72 Å². The van der Waals surface area contributed by atoms with Crippen LogP contribution < -0.4 is 9.44 Å². The van der Waals surface area contributed by atoms with E-state index >= 15 is 0 Å². The van der Waals surface area contributed by atoms with Crippen LogP contribution in [0, 0.1) is 0 Å². The summed E-state index contributed by atoms with van der Waals surface area (Å²) in [6.45, 7) is 1.07. The number of rotatable bonds is 10. The molecule has 152 valence electrons. The van der Waals surface area contributed by atoms with Crippen LogP contribution in [0.1, 0.15) is 25.3 Å². The summed E-state index contributed by atoms with van der Waals surface area (Å²) in [5, 5.41) is 31.0. The number of hydrogen-bond acceptors (Lipinski definition) is 10. The maximum absolute atomic E-state index is 12.2. The van der Waals surface area contributed by atoms with Crippen LogP contribution in [0.4, 0.5) is 0 Å². The van der Waals surface area contributed by atoms with Gasteiger partial charge in [0.2, 0.25) is 11.7 Å². The minimum Gasteiger partial charge on any atom is -0.481 e. The molecule has 0 bridgehead atoms. The van der Waals surface area contributed by atoms with Crippen LogP contribution in [0.15, 0.2) is 23.1 Å². The van der Waals surface area contributed by atoms with Crippen molar-refractivity contribution in [2.75, 3.05) is 0 Å². The third kappa shape index (κ3) is 5.74. The fraction of sp³-hybridized carbons (Fsp3) is 0.385. The van der Waals surface area contributed by atoms with Crippen molar-refractivity contribution in [3.63, 3.8) is 0 Å². The van der Waals surface area contributed by atoms with Crippen molar-refractivity contribution in [3.8, 4) is 11.5 Å². The Morgan fingerprint density at radius 2 is 1.96 bits per heavy atom. The van der Waals surface area contributed by atoms with E-state index in [2.05, 4.69) is 20.1 Å². The monoisotopic (exact) mass is 416 g/mol. The van der Waals surface area contributed by atoms with Gasteiger partial charge >= 0.3 is 11.9 Å². The van der Waals surface area contributed by atoms with E-state index in [1.165, 1.54) is 18.6 Å². The largest absolute Gasteiger partial charge is 0.481 e. The van der Waals surface area contributed by atoms with E-state index in [1.54, 1.807) is 4.72 Å². The summed E-state index contributed by atoms with van der Waals surface area (Å²) in [6.07, 6.45) is 1.73. The van der Waals surface area contributed by atoms with E-state index in [0.717, 1.165) is 6.92 Å². The predicted octanol–water partition coefficient (Wildman–Crippen LogP) is -1.70. The Balaban J connectivity index is 2.25. The molecule has 1 unspecified atom stereocenters. The van der Waals surface area contributed by atoms with E-state index in [9.17, 15) is 23.1 Å². The number of carbonyl (C=O) groups is 2. The Morgan fingerprint density at radius 3 is 2.50 bits per heavy atom.